The molecule has 0 radical (unpaired) electrons. The molecule has 0 bridgehead atoms. The molecule has 2 aromatic heterocycles. The maximum absolute atomic E-state index is 4.08. The van der Waals surface area contributed by atoms with Crippen molar-refractivity contribution in [3.05, 3.63) is 67.1 Å². The number of nitrogens with one attached hydrogen (secondary N) is 1. The third kappa shape index (κ3) is 3.08. The van der Waals surface area contributed by atoms with Crippen molar-refractivity contribution in [2.45, 2.75) is 0 Å². The molecule has 0 saturated carbocycles. The van der Waals surface area contributed by atoms with Crippen LogP contribution in [0.1, 0.15) is 0 Å². The van der Waals surface area contributed by atoms with Crippen LogP contribution in [0.5, 0.6) is 0 Å². The van der Waals surface area contributed by atoms with Crippen LogP contribution in [0, 0.1) is 0 Å². The van der Waals surface area contributed by atoms with Crippen LogP contribution in [0.25, 0.3) is 5.65 Å². The highest BCUT2D eigenvalue weighted by atomic mass is 15.0. The average Bonchev–Trinajstić information content (AvgIpc) is 2.89. The molecule has 0 atom stereocenters. The first kappa shape index (κ1) is 11.2. The van der Waals surface area contributed by atoms with Gasteiger partial charge in [0.05, 0.1) is 0 Å². The average molecular weight is 225 g/mol. The van der Waals surface area contributed by atoms with Crippen LogP contribution in [0.2, 0.25) is 0 Å². The summed E-state index contributed by atoms with van der Waals surface area (Å²) in [4.78, 5) is 4.08. The second kappa shape index (κ2) is 5.70. The van der Waals surface area contributed by atoms with Gasteiger partial charge >= 0.3 is 0 Å². The number of aromatic nitrogens is 2. The van der Waals surface area contributed by atoms with Crippen LogP contribution in [0.15, 0.2) is 67.1 Å². The first-order valence-corrected chi connectivity index (χ1v) is 5.50. The number of benzene rings is 1. The Balaban J connectivity index is 0.000000128. The molecule has 3 rings (SSSR count). The summed E-state index contributed by atoms with van der Waals surface area (Å²) >= 11 is 0. The van der Waals surface area contributed by atoms with E-state index in [4.69, 9.17) is 0 Å². The minimum absolute atomic E-state index is 0.998. The number of fused-ring (bicyclic) bond motifs is 1. The van der Waals surface area contributed by atoms with Crippen molar-refractivity contribution < 1.29 is 0 Å². The standard InChI is InChI=1S/C7H6N2.C7H9N/c1-2-5-9-6-4-8-7(9)3-1;1-8-7-5-3-2-4-6-7/h1-6H;2-6,8H,1H3. The lowest BCUT2D eigenvalue weighted by atomic mass is 10.3. The van der Waals surface area contributed by atoms with E-state index < -0.39 is 0 Å². The van der Waals surface area contributed by atoms with Crippen LogP contribution in [-0.2, 0) is 0 Å². The zero-order valence-electron chi connectivity index (χ0n) is 9.75. The Bertz CT molecular complexity index is 527. The lowest BCUT2D eigenvalue weighted by Gasteiger charge is -1.94. The SMILES string of the molecule is CNc1ccccc1.c1ccn2ccnc2c1. The van der Waals surface area contributed by atoms with Crippen molar-refractivity contribution in [2.24, 2.45) is 0 Å². The molecule has 1 N–H and O–H groups in total. The van der Waals surface area contributed by atoms with Gasteiger partial charge in [-0.25, -0.2) is 4.98 Å². The Morgan fingerprint density at radius 1 is 0.941 bits per heavy atom. The molecule has 0 aliphatic rings. The molecule has 0 saturated heterocycles. The number of hydrogen-bond donors (Lipinski definition) is 1. The molecule has 1 aromatic carbocycles. The fourth-order valence-corrected chi connectivity index (χ4v) is 1.47. The first-order valence-electron chi connectivity index (χ1n) is 5.50. The minimum atomic E-state index is 0.998. The Labute approximate surface area is 101 Å². The molecule has 0 spiro atoms. The summed E-state index contributed by atoms with van der Waals surface area (Å²) in [7, 11) is 1.91. The van der Waals surface area contributed by atoms with Gasteiger partial charge in [-0.05, 0) is 24.3 Å². The Kier molecular flexibility index (Phi) is 3.76. The van der Waals surface area contributed by atoms with E-state index in [2.05, 4.69) is 10.3 Å². The van der Waals surface area contributed by atoms with Crippen LogP contribution < -0.4 is 5.32 Å². The summed E-state index contributed by atoms with van der Waals surface area (Å²) in [5.41, 5.74) is 2.16. The normalized spacial score (nSPS) is 9.47. The highest BCUT2D eigenvalue weighted by molar-refractivity contribution is 5.41. The van der Waals surface area contributed by atoms with Crippen molar-refractivity contribution in [3.63, 3.8) is 0 Å². The van der Waals surface area contributed by atoms with E-state index in [1.54, 1.807) is 6.20 Å². The fourth-order valence-electron chi connectivity index (χ4n) is 1.47. The van der Waals surface area contributed by atoms with Crippen molar-refractivity contribution in [3.8, 4) is 0 Å². The molecule has 2 heterocycles. The second-order valence-electron chi connectivity index (χ2n) is 3.51. The maximum Gasteiger partial charge on any atom is 0.136 e. The number of nitrogens with zero attached hydrogens (tertiary/aromatic N) is 2. The molecule has 0 aliphatic heterocycles. The lowest BCUT2D eigenvalue weighted by Crippen LogP contribution is -1.84. The van der Waals surface area contributed by atoms with Gasteiger partial charge in [0.2, 0.25) is 0 Å². The van der Waals surface area contributed by atoms with Crippen LogP contribution in [-0.4, -0.2) is 16.4 Å². The smallest absolute Gasteiger partial charge is 0.136 e. The van der Waals surface area contributed by atoms with Crippen LogP contribution >= 0.6 is 0 Å². The quantitative estimate of drug-likeness (QED) is 0.689. The maximum atomic E-state index is 4.08. The number of rotatable bonds is 1. The zero-order valence-corrected chi connectivity index (χ0v) is 9.75. The van der Waals surface area contributed by atoms with Crippen LogP contribution in [0.3, 0.4) is 0 Å². The van der Waals surface area contributed by atoms with E-state index in [1.807, 2.05) is 72.4 Å². The summed E-state index contributed by atoms with van der Waals surface area (Å²) in [6, 6.07) is 16.0. The predicted octanol–water partition coefficient (Wildman–Crippen LogP) is 3.06. The predicted molar refractivity (Wildman–Crippen MR) is 71.2 cm³/mol. The van der Waals surface area contributed by atoms with E-state index in [9.17, 15) is 0 Å². The molecule has 0 unspecified atom stereocenters. The lowest BCUT2D eigenvalue weighted by molar-refractivity contribution is 1.19. The van der Waals surface area contributed by atoms with Gasteiger partial charge in [0.1, 0.15) is 5.65 Å². The van der Waals surface area contributed by atoms with Gasteiger partial charge in [0.25, 0.3) is 0 Å². The molecular weight excluding hydrogens is 210 g/mol. The highest BCUT2D eigenvalue weighted by Crippen LogP contribution is 2.01. The van der Waals surface area contributed by atoms with Crippen molar-refractivity contribution >= 4 is 11.3 Å². The number of anilines is 1. The van der Waals surface area contributed by atoms with E-state index >= 15 is 0 Å². The van der Waals surface area contributed by atoms with E-state index in [0.29, 0.717) is 0 Å². The first-order chi connectivity index (χ1) is 8.40. The van der Waals surface area contributed by atoms with E-state index in [0.717, 1.165) is 11.3 Å². The van der Waals surface area contributed by atoms with Crippen molar-refractivity contribution in [2.75, 3.05) is 12.4 Å². The monoisotopic (exact) mass is 225 g/mol. The van der Waals surface area contributed by atoms with Crippen molar-refractivity contribution in [1.82, 2.24) is 9.38 Å². The van der Waals surface area contributed by atoms with Gasteiger partial charge in [-0.1, -0.05) is 24.3 Å². The molecule has 0 fully saturated rings. The number of pyridine rings is 1. The summed E-state index contributed by atoms with van der Waals surface area (Å²) in [6.45, 7) is 0. The largest absolute Gasteiger partial charge is 0.388 e. The molecule has 3 aromatic rings. The number of hydrogen-bond acceptors (Lipinski definition) is 2. The second-order valence-corrected chi connectivity index (χ2v) is 3.51. The number of para-hydroxylation sites is 1. The molecule has 3 nitrogen and oxygen atoms in total. The minimum Gasteiger partial charge on any atom is -0.388 e. The molecule has 3 heteroatoms. The summed E-state index contributed by atoms with van der Waals surface area (Å²) in [5, 5.41) is 3.03. The van der Waals surface area contributed by atoms with Crippen LogP contribution in [0.4, 0.5) is 5.69 Å². The Hall–Kier alpha value is -2.29. The van der Waals surface area contributed by atoms with Gasteiger partial charge in [-0.2, -0.15) is 0 Å². The Morgan fingerprint density at radius 2 is 1.71 bits per heavy atom. The zero-order chi connectivity index (χ0) is 11.9. The third-order valence-electron chi connectivity index (χ3n) is 2.36. The van der Waals surface area contributed by atoms with E-state index in [-0.39, 0.29) is 0 Å². The van der Waals surface area contributed by atoms with Gasteiger partial charge in [-0.15, -0.1) is 0 Å². The van der Waals surface area contributed by atoms with Gasteiger partial charge < -0.3 is 9.72 Å². The molecule has 17 heavy (non-hydrogen) atoms. The summed E-state index contributed by atoms with van der Waals surface area (Å²) in [5.74, 6) is 0. The third-order valence-corrected chi connectivity index (χ3v) is 2.36. The molecule has 86 valence electrons. The molecule has 0 aliphatic carbocycles. The summed E-state index contributed by atoms with van der Waals surface area (Å²) in [6.07, 6.45) is 5.69. The van der Waals surface area contributed by atoms with Gasteiger partial charge in [-0.3, -0.25) is 0 Å². The van der Waals surface area contributed by atoms with E-state index in [1.165, 1.54) is 0 Å². The number of imidazole rings is 1. The topological polar surface area (TPSA) is 29.3 Å². The molecular formula is C14H15N3. The molecule has 0 amide bonds. The van der Waals surface area contributed by atoms with Gasteiger partial charge in [0.15, 0.2) is 0 Å². The Morgan fingerprint density at radius 3 is 2.35 bits per heavy atom. The van der Waals surface area contributed by atoms with Crippen molar-refractivity contribution in [1.29, 1.82) is 0 Å². The van der Waals surface area contributed by atoms with Gasteiger partial charge in [0, 0.05) is 31.3 Å². The summed E-state index contributed by atoms with van der Waals surface area (Å²) < 4.78 is 1.97. The fraction of sp³-hybridized carbons (Fsp3) is 0.0714. The highest BCUT2D eigenvalue weighted by Gasteiger charge is 1.85.